The average Bonchev–Trinajstić information content (AvgIpc) is 2.54. The molecule has 0 fully saturated rings. The Kier molecular flexibility index (Phi) is 5.36. The third-order valence-corrected chi connectivity index (χ3v) is 3.50. The molecule has 0 radical (unpaired) electrons. The lowest BCUT2D eigenvalue weighted by Crippen LogP contribution is -2.21. The number of rotatable bonds is 6. The van der Waals surface area contributed by atoms with Gasteiger partial charge in [0, 0.05) is 11.6 Å². The molecule has 0 amide bonds. The van der Waals surface area contributed by atoms with E-state index in [1.165, 1.54) is 0 Å². The molecule has 2 aromatic carbocycles. The van der Waals surface area contributed by atoms with Crippen LogP contribution in [0.5, 0.6) is 5.75 Å². The van der Waals surface area contributed by atoms with Gasteiger partial charge in [0.15, 0.2) is 0 Å². The molecule has 3 heteroatoms. The Bertz CT molecular complexity index is 631. The van der Waals surface area contributed by atoms with Crippen molar-refractivity contribution in [3.8, 4) is 11.8 Å². The second-order valence-corrected chi connectivity index (χ2v) is 5.04. The summed E-state index contributed by atoms with van der Waals surface area (Å²) in [4.78, 5) is 0. The Balaban J connectivity index is 2.11. The van der Waals surface area contributed by atoms with E-state index in [-0.39, 0.29) is 6.04 Å². The van der Waals surface area contributed by atoms with Crippen molar-refractivity contribution < 1.29 is 4.74 Å². The molecule has 1 atom stereocenters. The number of hydrogen-bond donors (Lipinski definition) is 1. The smallest absolute Gasteiger partial charge is 0.123 e. The second kappa shape index (κ2) is 7.47. The lowest BCUT2D eigenvalue weighted by Gasteiger charge is -2.14. The first-order valence-electron chi connectivity index (χ1n) is 7.19. The molecule has 2 N–H and O–H groups in total. The van der Waals surface area contributed by atoms with Crippen LogP contribution in [0.1, 0.15) is 30.0 Å². The van der Waals surface area contributed by atoms with Crippen LogP contribution in [0.4, 0.5) is 0 Å². The van der Waals surface area contributed by atoms with Crippen molar-refractivity contribution >= 4 is 0 Å². The highest BCUT2D eigenvalue weighted by Crippen LogP contribution is 2.21. The number of nitriles is 1. The standard InChI is InChI=1S/C18H20N2O/c1-2-17(20)11-14-7-5-6-10-18(14)21-13-16-9-4-3-8-15(16)12-19/h3-10,17H,2,11,13,20H2,1H3. The molecule has 0 aliphatic heterocycles. The fourth-order valence-corrected chi connectivity index (χ4v) is 2.15. The highest BCUT2D eigenvalue weighted by Gasteiger charge is 2.08. The molecule has 108 valence electrons. The molecule has 2 aromatic rings. The van der Waals surface area contributed by atoms with E-state index >= 15 is 0 Å². The van der Waals surface area contributed by atoms with Gasteiger partial charge in [-0.3, -0.25) is 0 Å². The average molecular weight is 280 g/mol. The largest absolute Gasteiger partial charge is 0.489 e. The van der Waals surface area contributed by atoms with Crippen molar-refractivity contribution in [2.24, 2.45) is 5.73 Å². The predicted molar refractivity (Wildman–Crippen MR) is 83.9 cm³/mol. The summed E-state index contributed by atoms with van der Waals surface area (Å²) in [6.45, 7) is 2.47. The SMILES string of the molecule is CCC(N)Cc1ccccc1OCc1ccccc1C#N. The Morgan fingerprint density at radius 1 is 1.10 bits per heavy atom. The third kappa shape index (κ3) is 4.08. The van der Waals surface area contributed by atoms with E-state index in [2.05, 4.69) is 13.0 Å². The summed E-state index contributed by atoms with van der Waals surface area (Å²) in [5, 5.41) is 9.10. The maximum Gasteiger partial charge on any atom is 0.123 e. The van der Waals surface area contributed by atoms with Gasteiger partial charge < -0.3 is 10.5 Å². The number of hydrogen-bond acceptors (Lipinski definition) is 3. The molecule has 3 nitrogen and oxygen atoms in total. The quantitative estimate of drug-likeness (QED) is 0.882. The summed E-state index contributed by atoms with van der Waals surface area (Å²) >= 11 is 0. The second-order valence-electron chi connectivity index (χ2n) is 5.04. The van der Waals surface area contributed by atoms with E-state index in [1.54, 1.807) is 6.07 Å². The molecule has 0 heterocycles. The number of para-hydroxylation sites is 1. The normalized spacial score (nSPS) is 11.7. The van der Waals surface area contributed by atoms with Crippen molar-refractivity contribution in [3.05, 3.63) is 65.2 Å². The summed E-state index contributed by atoms with van der Waals surface area (Å²) in [5.74, 6) is 0.842. The van der Waals surface area contributed by atoms with Crippen LogP contribution >= 0.6 is 0 Å². The first kappa shape index (κ1) is 15.1. The molecule has 1 unspecified atom stereocenters. The first-order valence-corrected chi connectivity index (χ1v) is 7.19. The van der Waals surface area contributed by atoms with E-state index in [1.807, 2.05) is 42.5 Å². The van der Waals surface area contributed by atoms with Gasteiger partial charge in [0.25, 0.3) is 0 Å². The molecule has 0 spiro atoms. The molecule has 0 saturated heterocycles. The molecule has 0 bridgehead atoms. The Morgan fingerprint density at radius 2 is 1.76 bits per heavy atom. The minimum Gasteiger partial charge on any atom is -0.489 e. The minimum absolute atomic E-state index is 0.140. The molecule has 0 aliphatic rings. The van der Waals surface area contributed by atoms with Crippen LogP contribution in [0.3, 0.4) is 0 Å². The zero-order valence-electron chi connectivity index (χ0n) is 12.3. The molecule has 0 aliphatic carbocycles. The summed E-state index contributed by atoms with van der Waals surface area (Å²) in [6.07, 6.45) is 1.73. The van der Waals surface area contributed by atoms with Crippen LogP contribution in [0.25, 0.3) is 0 Å². The van der Waals surface area contributed by atoms with Gasteiger partial charge in [-0.05, 0) is 30.5 Å². The number of benzene rings is 2. The van der Waals surface area contributed by atoms with Crippen LogP contribution < -0.4 is 10.5 Å². The molecular formula is C18H20N2O. The van der Waals surface area contributed by atoms with Gasteiger partial charge in [-0.25, -0.2) is 0 Å². The third-order valence-electron chi connectivity index (χ3n) is 3.50. The van der Waals surface area contributed by atoms with Gasteiger partial charge in [0.2, 0.25) is 0 Å². The lowest BCUT2D eigenvalue weighted by molar-refractivity contribution is 0.302. The monoisotopic (exact) mass is 280 g/mol. The van der Waals surface area contributed by atoms with E-state index in [4.69, 9.17) is 15.7 Å². The zero-order chi connectivity index (χ0) is 15.1. The van der Waals surface area contributed by atoms with E-state index < -0.39 is 0 Å². The molecule has 0 saturated carbocycles. The Hall–Kier alpha value is -2.31. The van der Waals surface area contributed by atoms with Crippen LogP contribution in [0, 0.1) is 11.3 Å². The van der Waals surface area contributed by atoms with Gasteiger partial charge in [-0.1, -0.05) is 43.3 Å². The van der Waals surface area contributed by atoms with Crippen LogP contribution in [0.15, 0.2) is 48.5 Å². The van der Waals surface area contributed by atoms with Gasteiger partial charge >= 0.3 is 0 Å². The highest BCUT2D eigenvalue weighted by molar-refractivity contribution is 5.38. The summed E-state index contributed by atoms with van der Waals surface area (Å²) in [6, 6.07) is 17.8. The van der Waals surface area contributed by atoms with Gasteiger partial charge in [-0.15, -0.1) is 0 Å². The van der Waals surface area contributed by atoms with Crippen molar-refractivity contribution in [1.29, 1.82) is 5.26 Å². The predicted octanol–water partition coefficient (Wildman–Crippen LogP) is 3.42. The molecule has 21 heavy (non-hydrogen) atoms. The van der Waals surface area contributed by atoms with Gasteiger partial charge in [0.05, 0.1) is 11.6 Å². The summed E-state index contributed by atoms with van der Waals surface area (Å²) in [5.41, 5.74) is 8.69. The summed E-state index contributed by atoms with van der Waals surface area (Å²) < 4.78 is 5.90. The Labute approximate surface area is 126 Å². The van der Waals surface area contributed by atoms with Crippen LogP contribution in [0.2, 0.25) is 0 Å². The lowest BCUT2D eigenvalue weighted by atomic mass is 10.0. The topological polar surface area (TPSA) is 59.0 Å². The number of ether oxygens (including phenoxy) is 1. The zero-order valence-corrected chi connectivity index (χ0v) is 12.3. The molecule has 2 rings (SSSR count). The van der Waals surface area contributed by atoms with Crippen LogP contribution in [-0.4, -0.2) is 6.04 Å². The van der Waals surface area contributed by atoms with Gasteiger partial charge in [0.1, 0.15) is 12.4 Å². The Morgan fingerprint density at radius 3 is 2.48 bits per heavy atom. The van der Waals surface area contributed by atoms with Crippen molar-refractivity contribution in [1.82, 2.24) is 0 Å². The van der Waals surface area contributed by atoms with Crippen molar-refractivity contribution in [2.45, 2.75) is 32.4 Å². The van der Waals surface area contributed by atoms with E-state index in [0.29, 0.717) is 12.2 Å². The number of nitrogens with two attached hydrogens (primary N) is 1. The number of nitrogens with zero attached hydrogens (tertiary/aromatic N) is 1. The minimum atomic E-state index is 0.140. The van der Waals surface area contributed by atoms with Gasteiger partial charge in [-0.2, -0.15) is 5.26 Å². The fraction of sp³-hybridized carbons (Fsp3) is 0.278. The molecular weight excluding hydrogens is 260 g/mol. The molecule has 0 aromatic heterocycles. The first-order chi connectivity index (χ1) is 10.2. The van der Waals surface area contributed by atoms with Crippen molar-refractivity contribution in [3.63, 3.8) is 0 Å². The van der Waals surface area contributed by atoms with E-state index in [0.717, 1.165) is 29.7 Å². The maximum absolute atomic E-state index is 9.10. The summed E-state index contributed by atoms with van der Waals surface area (Å²) in [7, 11) is 0. The highest BCUT2D eigenvalue weighted by atomic mass is 16.5. The fourth-order valence-electron chi connectivity index (χ4n) is 2.15. The maximum atomic E-state index is 9.10. The van der Waals surface area contributed by atoms with Crippen molar-refractivity contribution in [2.75, 3.05) is 0 Å². The van der Waals surface area contributed by atoms with E-state index in [9.17, 15) is 0 Å². The van der Waals surface area contributed by atoms with Crippen LogP contribution in [-0.2, 0) is 13.0 Å².